The number of nitrogens with one attached hydrogen (secondary N) is 2. The molecule has 0 saturated heterocycles. The Hall–Kier alpha value is -1.88. The molecule has 2 rings (SSSR count). The Morgan fingerprint density at radius 3 is 2.70 bits per heavy atom. The molecule has 0 radical (unpaired) electrons. The van der Waals surface area contributed by atoms with E-state index in [9.17, 15) is 0 Å². The lowest BCUT2D eigenvalue weighted by Crippen LogP contribution is -2.37. The van der Waals surface area contributed by atoms with Crippen LogP contribution in [-0.2, 0) is 20.1 Å². The van der Waals surface area contributed by atoms with Crippen LogP contribution in [0.5, 0.6) is 5.75 Å². The van der Waals surface area contributed by atoms with Gasteiger partial charge in [0.15, 0.2) is 5.96 Å². The van der Waals surface area contributed by atoms with Gasteiger partial charge in [-0.1, -0.05) is 18.2 Å². The maximum absolute atomic E-state index is 5.90. The highest BCUT2D eigenvalue weighted by atomic mass is 127. The highest BCUT2D eigenvalue weighted by molar-refractivity contribution is 14.0. The minimum absolute atomic E-state index is 0. The number of nitrogens with zero attached hydrogens (tertiary/aromatic N) is 5. The number of guanidine groups is 1. The molecule has 2 aromatic rings. The van der Waals surface area contributed by atoms with Gasteiger partial charge in [0.1, 0.15) is 24.5 Å². The van der Waals surface area contributed by atoms with Crippen molar-refractivity contribution in [3.8, 4) is 5.75 Å². The van der Waals surface area contributed by atoms with Crippen molar-refractivity contribution in [1.29, 1.82) is 0 Å². The fourth-order valence-electron chi connectivity index (χ4n) is 2.26. The fourth-order valence-corrected chi connectivity index (χ4v) is 2.26. The Labute approximate surface area is 178 Å². The first-order valence-electron chi connectivity index (χ1n) is 8.80. The number of benzene rings is 1. The average molecular weight is 487 g/mol. The van der Waals surface area contributed by atoms with E-state index in [1.165, 1.54) is 0 Å². The lowest BCUT2D eigenvalue weighted by molar-refractivity contribution is 0.259. The summed E-state index contributed by atoms with van der Waals surface area (Å²) in [6, 6.07) is 8.01. The smallest absolute Gasteiger partial charge is 0.191 e. The average Bonchev–Trinajstić information content (AvgIpc) is 3.03. The molecule has 0 aliphatic rings. The van der Waals surface area contributed by atoms with Gasteiger partial charge in [-0.05, 0) is 27.1 Å². The van der Waals surface area contributed by atoms with E-state index in [1.54, 1.807) is 11.0 Å². The number of likely N-dealkylation sites (N-methyl/N-ethyl adjacent to an activating group) is 1. The Kier molecular flexibility index (Phi) is 10.7. The first-order chi connectivity index (χ1) is 12.6. The van der Waals surface area contributed by atoms with Crippen molar-refractivity contribution >= 4 is 29.9 Å². The molecule has 0 unspecified atom stereocenters. The van der Waals surface area contributed by atoms with Gasteiger partial charge in [-0.25, -0.2) is 9.98 Å². The third-order valence-corrected chi connectivity index (χ3v) is 3.74. The summed E-state index contributed by atoms with van der Waals surface area (Å²) in [4.78, 5) is 11.0. The molecule has 8 nitrogen and oxygen atoms in total. The first kappa shape index (κ1) is 23.2. The summed E-state index contributed by atoms with van der Waals surface area (Å²) in [6.07, 6.45) is 1.54. The van der Waals surface area contributed by atoms with Crippen LogP contribution < -0.4 is 15.4 Å². The van der Waals surface area contributed by atoms with Crippen LogP contribution in [0.15, 0.2) is 35.6 Å². The van der Waals surface area contributed by atoms with Crippen LogP contribution in [0.1, 0.15) is 18.3 Å². The van der Waals surface area contributed by atoms with Crippen molar-refractivity contribution < 1.29 is 4.74 Å². The molecule has 0 amide bonds. The zero-order valence-corrected chi connectivity index (χ0v) is 18.8. The third kappa shape index (κ3) is 8.12. The molecule has 9 heteroatoms. The number of aryl methyl sites for hydroxylation is 1. The number of halogens is 1. The molecule has 0 fully saturated rings. The van der Waals surface area contributed by atoms with Crippen LogP contribution in [0.4, 0.5) is 0 Å². The maximum atomic E-state index is 5.90. The maximum Gasteiger partial charge on any atom is 0.191 e. The second-order valence-corrected chi connectivity index (χ2v) is 6.11. The number of rotatable bonds is 9. The summed E-state index contributed by atoms with van der Waals surface area (Å²) in [7, 11) is 5.94. The fraction of sp³-hybridized carbons (Fsp3) is 0.500. The number of hydrogen-bond donors (Lipinski definition) is 2. The molecule has 0 aliphatic carbocycles. The van der Waals surface area contributed by atoms with E-state index in [0.29, 0.717) is 19.7 Å². The summed E-state index contributed by atoms with van der Waals surface area (Å²) in [5, 5.41) is 10.6. The van der Waals surface area contributed by atoms with Crippen LogP contribution in [-0.4, -0.2) is 59.4 Å². The van der Waals surface area contributed by atoms with Crippen molar-refractivity contribution in [3.05, 3.63) is 42.0 Å². The van der Waals surface area contributed by atoms with Crippen molar-refractivity contribution in [2.75, 3.05) is 33.8 Å². The topological polar surface area (TPSA) is 79.6 Å². The molecule has 0 spiro atoms. The van der Waals surface area contributed by atoms with E-state index in [-0.39, 0.29) is 24.0 Å². The Morgan fingerprint density at radius 1 is 1.26 bits per heavy atom. The van der Waals surface area contributed by atoms with E-state index in [4.69, 9.17) is 4.74 Å². The summed E-state index contributed by atoms with van der Waals surface area (Å²) in [5.41, 5.74) is 1.06. The van der Waals surface area contributed by atoms with Gasteiger partial charge < -0.3 is 20.3 Å². The van der Waals surface area contributed by atoms with Gasteiger partial charge in [0.05, 0.1) is 13.1 Å². The van der Waals surface area contributed by atoms with Crippen LogP contribution in [0.3, 0.4) is 0 Å². The van der Waals surface area contributed by atoms with Crippen LogP contribution >= 0.6 is 24.0 Å². The van der Waals surface area contributed by atoms with Crippen molar-refractivity contribution in [2.45, 2.75) is 20.0 Å². The van der Waals surface area contributed by atoms with Gasteiger partial charge in [-0.2, -0.15) is 5.10 Å². The molecule has 0 aliphatic heterocycles. The van der Waals surface area contributed by atoms with E-state index in [0.717, 1.165) is 36.2 Å². The van der Waals surface area contributed by atoms with E-state index in [1.807, 2.05) is 52.3 Å². The minimum Gasteiger partial charge on any atom is -0.492 e. The molecule has 0 saturated carbocycles. The van der Waals surface area contributed by atoms with Crippen molar-refractivity contribution in [1.82, 2.24) is 30.3 Å². The van der Waals surface area contributed by atoms with Crippen LogP contribution in [0, 0.1) is 0 Å². The van der Waals surface area contributed by atoms with Crippen molar-refractivity contribution in [2.24, 2.45) is 12.0 Å². The second kappa shape index (κ2) is 12.5. The van der Waals surface area contributed by atoms with E-state index < -0.39 is 0 Å². The molecule has 0 atom stereocenters. The molecular weight excluding hydrogens is 457 g/mol. The normalized spacial score (nSPS) is 11.2. The zero-order valence-electron chi connectivity index (χ0n) is 16.5. The third-order valence-electron chi connectivity index (χ3n) is 3.74. The molecule has 1 aromatic carbocycles. The van der Waals surface area contributed by atoms with Gasteiger partial charge in [0.2, 0.25) is 0 Å². The Bertz CT molecular complexity index is 703. The summed E-state index contributed by atoms with van der Waals surface area (Å²) >= 11 is 0. The zero-order chi connectivity index (χ0) is 18.8. The molecule has 0 bridgehead atoms. The summed E-state index contributed by atoms with van der Waals surface area (Å²) in [5.74, 6) is 2.46. The van der Waals surface area contributed by atoms with Crippen LogP contribution in [0.2, 0.25) is 0 Å². The van der Waals surface area contributed by atoms with Gasteiger partial charge in [-0.15, -0.1) is 24.0 Å². The number of hydrogen-bond acceptors (Lipinski definition) is 5. The van der Waals surface area contributed by atoms with Gasteiger partial charge in [0, 0.05) is 25.7 Å². The molecular formula is C18H30IN7O. The number of aliphatic imine (C=N–C) groups is 1. The highest BCUT2D eigenvalue weighted by Crippen LogP contribution is 2.18. The predicted octanol–water partition coefficient (Wildman–Crippen LogP) is 1.63. The largest absolute Gasteiger partial charge is 0.492 e. The molecule has 27 heavy (non-hydrogen) atoms. The standard InChI is InChI=1S/C18H29N7O.HI/c1-5-19-18(21-13-17-22-14-23-25(17)4)20-12-15-8-6-7-9-16(15)26-11-10-24(2)3;/h6-9,14H,5,10-13H2,1-4H3,(H2,19,20,21);1H. The quantitative estimate of drug-likeness (QED) is 0.318. The summed E-state index contributed by atoms with van der Waals surface area (Å²) in [6.45, 7) is 5.44. The van der Waals surface area contributed by atoms with Crippen molar-refractivity contribution in [3.63, 3.8) is 0 Å². The summed E-state index contributed by atoms with van der Waals surface area (Å²) < 4.78 is 7.64. The highest BCUT2D eigenvalue weighted by Gasteiger charge is 2.05. The lowest BCUT2D eigenvalue weighted by Gasteiger charge is -2.14. The van der Waals surface area contributed by atoms with Gasteiger partial charge in [-0.3, -0.25) is 4.68 Å². The van der Waals surface area contributed by atoms with E-state index >= 15 is 0 Å². The van der Waals surface area contributed by atoms with Gasteiger partial charge in [0.25, 0.3) is 0 Å². The first-order valence-corrected chi connectivity index (χ1v) is 8.80. The monoisotopic (exact) mass is 487 g/mol. The predicted molar refractivity (Wildman–Crippen MR) is 119 cm³/mol. The van der Waals surface area contributed by atoms with E-state index in [2.05, 4.69) is 30.6 Å². The number of ether oxygens (including phenoxy) is 1. The molecule has 150 valence electrons. The second-order valence-electron chi connectivity index (χ2n) is 6.11. The molecule has 2 N–H and O–H groups in total. The minimum atomic E-state index is 0. The number of aromatic nitrogens is 3. The SMILES string of the molecule is CCNC(=NCc1ccccc1OCCN(C)C)NCc1ncnn1C.I. The van der Waals surface area contributed by atoms with Crippen LogP contribution in [0.25, 0.3) is 0 Å². The Balaban J connectivity index is 0.00000364. The Morgan fingerprint density at radius 2 is 2.04 bits per heavy atom. The molecule has 1 aromatic heterocycles. The lowest BCUT2D eigenvalue weighted by atomic mass is 10.2. The number of para-hydroxylation sites is 1. The molecule has 1 heterocycles. The van der Waals surface area contributed by atoms with Gasteiger partial charge >= 0.3 is 0 Å².